The summed E-state index contributed by atoms with van der Waals surface area (Å²) in [6.07, 6.45) is 0.526. The molecule has 25 heavy (non-hydrogen) atoms. The summed E-state index contributed by atoms with van der Waals surface area (Å²) >= 11 is 0. The quantitative estimate of drug-likeness (QED) is 0.735. The minimum atomic E-state index is -3.67. The Morgan fingerprint density at radius 1 is 1.12 bits per heavy atom. The highest BCUT2D eigenvalue weighted by atomic mass is 32.2. The lowest BCUT2D eigenvalue weighted by Gasteiger charge is -2.37. The number of rotatable bonds is 5. The largest absolute Gasteiger partial charge is 0.465 e. The van der Waals surface area contributed by atoms with Gasteiger partial charge in [0.15, 0.2) is 14.6 Å². The van der Waals surface area contributed by atoms with Gasteiger partial charge in [-0.05, 0) is 25.3 Å². The first-order valence-electron chi connectivity index (χ1n) is 8.12. The lowest BCUT2D eigenvalue weighted by molar-refractivity contribution is -0.147. The molecule has 7 nitrogen and oxygen atoms in total. The second kappa shape index (κ2) is 7.86. The van der Waals surface area contributed by atoms with Crippen molar-refractivity contribution < 1.29 is 27.5 Å². The maximum Gasteiger partial charge on any atom is 0.410 e. The third-order valence-corrected chi connectivity index (χ3v) is 6.39. The molecule has 1 aromatic rings. The van der Waals surface area contributed by atoms with Crippen molar-refractivity contribution in [2.24, 2.45) is 0 Å². The minimum Gasteiger partial charge on any atom is -0.465 e. The van der Waals surface area contributed by atoms with Gasteiger partial charge in [0.25, 0.3) is 0 Å². The SMILES string of the molecule is CCOC(=O)C1(S(C)(=O)=O)CCN(C(=O)OCc2ccccc2)CC1. The molecule has 1 amide bonds. The first-order valence-corrected chi connectivity index (χ1v) is 10.0. The fourth-order valence-corrected chi connectivity index (χ4v) is 4.14. The molecular formula is C17H23NO6S. The molecule has 1 fully saturated rings. The van der Waals surface area contributed by atoms with Gasteiger partial charge in [-0.25, -0.2) is 13.2 Å². The Hall–Kier alpha value is -2.09. The Morgan fingerprint density at radius 2 is 1.72 bits per heavy atom. The van der Waals surface area contributed by atoms with Gasteiger partial charge in [0, 0.05) is 19.3 Å². The highest BCUT2D eigenvalue weighted by Crippen LogP contribution is 2.32. The fraction of sp³-hybridized carbons (Fsp3) is 0.529. The summed E-state index contributed by atoms with van der Waals surface area (Å²) in [6, 6.07) is 9.27. The molecule has 1 saturated heterocycles. The highest BCUT2D eigenvalue weighted by molar-refractivity contribution is 7.92. The van der Waals surface area contributed by atoms with Crippen LogP contribution in [-0.2, 0) is 30.7 Å². The Labute approximate surface area is 147 Å². The number of amides is 1. The van der Waals surface area contributed by atoms with E-state index in [0.29, 0.717) is 0 Å². The monoisotopic (exact) mass is 369 g/mol. The van der Waals surface area contributed by atoms with Gasteiger partial charge in [-0.1, -0.05) is 30.3 Å². The number of nitrogens with zero attached hydrogens (tertiary/aromatic N) is 1. The maximum absolute atomic E-state index is 12.2. The zero-order chi connectivity index (χ0) is 18.5. The maximum atomic E-state index is 12.2. The molecule has 1 aliphatic rings. The first kappa shape index (κ1) is 19.2. The van der Waals surface area contributed by atoms with Gasteiger partial charge in [-0.15, -0.1) is 0 Å². The van der Waals surface area contributed by atoms with Crippen LogP contribution in [0.2, 0.25) is 0 Å². The van der Waals surface area contributed by atoms with Gasteiger partial charge in [0.2, 0.25) is 0 Å². The summed E-state index contributed by atoms with van der Waals surface area (Å²) in [6.45, 7) is 2.13. The van der Waals surface area contributed by atoms with Crippen molar-refractivity contribution >= 4 is 21.9 Å². The third-order valence-electron chi connectivity index (χ3n) is 4.39. The van der Waals surface area contributed by atoms with E-state index >= 15 is 0 Å². The Balaban J connectivity index is 1.99. The van der Waals surface area contributed by atoms with Crippen LogP contribution in [0.3, 0.4) is 0 Å². The van der Waals surface area contributed by atoms with Crippen molar-refractivity contribution in [3.63, 3.8) is 0 Å². The fourth-order valence-electron chi connectivity index (χ4n) is 2.85. The van der Waals surface area contributed by atoms with Crippen LogP contribution in [0.1, 0.15) is 25.3 Å². The van der Waals surface area contributed by atoms with E-state index in [9.17, 15) is 18.0 Å². The number of hydrogen-bond acceptors (Lipinski definition) is 6. The molecule has 0 aliphatic carbocycles. The summed E-state index contributed by atoms with van der Waals surface area (Å²) in [5.41, 5.74) is 0.866. The predicted octanol–water partition coefficient (Wildman–Crippen LogP) is 1.77. The summed E-state index contributed by atoms with van der Waals surface area (Å²) in [7, 11) is -3.67. The molecule has 0 radical (unpaired) electrons. The molecule has 0 spiro atoms. The number of piperidine rings is 1. The molecular weight excluding hydrogens is 346 g/mol. The van der Waals surface area contributed by atoms with Crippen molar-refractivity contribution in [1.29, 1.82) is 0 Å². The van der Waals surface area contributed by atoms with Crippen molar-refractivity contribution in [3.8, 4) is 0 Å². The average molecular weight is 369 g/mol. The van der Waals surface area contributed by atoms with E-state index in [4.69, 9.17) is 9.47 Å². The van der Waals surface area contributed by atoms with Crippen LogP contribution < -0.4 is 0 Å². The molecule has 1 aliphatic heterocycles. The topological polar surface area (TPSA) is 90.0 Å². The summed E-state index contributed by atoms with van der Waals surface area (Å²) in [4.78, 5) is 25.8. The van der Waals surface area contributed by atoms with Crippen LogP contribution in [0, 0.1) is 0 Å². The normalized spacial score (nSPS) is 17.0. The lowest BCUT2D eigenvalue weighted by atomic mass is 9.96. The summed E-state index contributed by atoms with van der Waals surface area (Å²) < 4.78 is 33.0. The van der Waals surface area contributed by atoms with Crippen LogP contribution in [0.15, 0.2) is 30.3 Å². The summed E-state index contributed by atoms with van der Waals surface area (Å²) in [5.74, 6) is -0.741. The van der Waals surface area contributed by atoms with Crippen LogP contribution in [0.5, 0.6) is 0 Å². The number of hydrogen-bond donors (Lipinski definition) is 0. The second-order valence-electron chi connectivity index (χ2n) is 6.01. The number of carbonyl (C=O) groups excluding carboxylic acids is 2. The predicted molar refractivity (Wildman–Crippen MR) is 91.6 cm³/mol. The molecule has 8 heteroatoms. The van der Waals surface area contributed by atoms with E-state index in [-0.39, 0.29) is 39.1 Å². The zero-order valence-electron chi connectivity index (χ0n) is 14.4. The van der Waals surface area contributed by atoms with E-state index in [1.165, 1.54) is 4.90 Å². The highest BCUT2D eigenvalue weighted by Gasteiger charge is 2.52. The van der Waals surface area contributed by atoms with Gasteiger partial charge in [0.05, 0.1) is 6.61 Å². The van der Waals surface area contributed by atoms with E-state index in [2.05, 4.69) is 0 Å². The standard InChI is InChI=1S/C17H23NO6S/c1-3-23-15(19)17(25(2,21)22)9-11-18(12-10-17)16(20)24-13-14-7-5-4-6-8-14/h4-8H,3,9-13H2,1-2H3. The van der Waals surface area contributed by atoms with Gasteiger partial charge >= 0.3 is 12.1 Å². The Bertz CT molecular complexity index is 708. The van der Waals surface area contributed by atoms with E-state index in [1.807, 2.05) is 30.3 Å². The smallest absolute Gasteiger partial charge is 0.410 e. The molecule has 0 N–H and O–H groups in total. The molecule has 138 valence electrons. The molecule has 1 aromatic carbocycles. The van der Waals surface area contributed by atoms with E-state index in [1.54, 1.807) is 6.92 Å². The second-order valence-corrected chi connectivity index (χ2v) is 8.34. The number of sulfone groups is 1. The lowest BCUT2D eigenvalue weighted by Crippen LogP contribution is -2.55. The van der Waals surface area contributed by atoms with Gasteiger partial charge in [0.1, 0.15) is 6.61 Å². The number of benzene rings is 1. The summed E-state index contributed by atoms with van der Waals surface area (Å²) in [5, 5.41) is 0. The van der Waals surface area contributed by atoms with Crippen molar-refractivity contribution in [1.82, 2.24) is 4.90 Å². The average Bonchev–Trinajstić information content (AvgIpc) is 2.60. The number of carbonyl (C=O) groups is 2. The van der Waals surface area contributed by atoms with Crippen molar-refractivity contribution in [2.75, 3.05) is 26.0 Å². The molecule has 0 atom stereocenters. The van der Waals surface area contributed by atoms with Crippen LogP contribution in [-0.4, -0.2) is 56.1 Å². The van der Waals surface area contributed by atoms with Gasteiger partial charge in [-0.3, -0.25) is 4.79 Å². The minimum absolute atomic E-state index is 0.00506. The Morgan fingerprint density at radius 3 is 2.24 bits per heavy atom. The van der Waals surface area contributed by atoms with Gasteiger partial charge in [-0.2, -0.15) is 0 Å². The number of esters is 1. The van der Waals surface area contributed by atoms with Crippen molar-refractivity contribution in [2.45, 2.75) is 31.1 Å². The van der Waals surface area contributed by atoms with E-state index in [0.717, 1.165) is 11.8 Å². The molecule has 0 unspecified atom stereocenters. The number of likely N-dealkylation sites (tertiary alicyclic amines) is 1. The van der Waals surface area contributed by atoms with E-state index < -0.39 is 26.6 Å². The Kier molecular flexibility index (Phi) is 6.05. The molecule has 1 heterocycles. The number of ether oxygens (including phenoxy) is 2. The van der Waals surface area contributed by atoms with Gasteiger partial charge < -0.3 is 14.4 Å². The molecule has 2 rings (SSSR count). The molecule has 0 aromatic heterocycles. The molecule has 0 bridgehead atoms. The van der Waals surface area contributed by atoms with Crippen LogP contribution in [0.25, 0.3) is 0 Å². The van der Waals surface area contributed by atoms with Crippen molar-refractivity contribution in [3.05, 3.63) is 35.9 Å². The molecule has 0 saturated carbocycles. The van der Waals surface area contributed by atoms with Crippen LogP contribution in [0.4, 0.5) is 4.79 Å². The zero-order valence-corrected chi connectivity index (χ0v) is 15.3. The first-order chi connectivity index (χ1) is 11.8. The van der Waals surface area contributed by atoms with Crippen LogP contribution >= 0.6 is 0 Å². The third kappa shape index (κ3) is 4.31.